The van der Waals surface area contributed by atoms with Crippen LogP contribution in [-0.2, 0) is 7.05 Å². The number of benzene rings is 1. The monoisotopic (exact) mass is 346 g/mol. The molecule has 0 spiro atoms. The summed E-state index contributed by atoms with van der Waals surface area (Å²) < 4.78 is 1.74. The molecule has 0 N–H and O–H groups in total. The Morgan fingerprint density at radius 2 is 1.79 bits per heavy atom. The first kappa shape index (κ1) is 17.0. The van der Waals surface area contributed by atoms with Gasteiger partial charge in [0.25, 0.3) is 5.91 Å². The quantitative estimate of drug-likeness (QED) is 0.858. The third kappa shape index (κ3) is 3.47. The van der Waals surface area contributed by atoms with E-state index in [-0.39, 0.29) is 5.91 Å². The topological polar surface area (TPSA) is 41.4 Å². The Balaban J connectivity index is 1.61. The largest absolute Gasteiger partial charge is 0.335 e. The molecule has 24 heavy (non-hydrogen) atoms. The van der Waals surface area contributed by atoms with Crippen LogP contribution in [0.2, 0.25) is 5.02 Å². The lowest BCUT2D eigenvalue weighted by molar-refractivity contribution is 0.0576. The van der Waals surface area contributed by atoms with Crippen molar-refractivity contribution in [3.8, 4) is 0 Å². The molecular formula is C18H23ClN4O. The predicted octanol–water partition coefficient (Wildman–Crippen LogP) is 2.90. The fourth-order valence-electron chi connectivity index (χ4n) is 3.09. The number of hydrogen-bond donors (Lipinski definition) is 0. The van der Waals surface area contributed by atoms with Gasteiger partial charge in [-0.3, -0.25) is 14.4 Å². The van der Waals surface area contributed by atoms with Gasteiger partial charge in [0.2, 0.25) is 0 Å². The molecule has 128 valence electrons. The smallest absolute Gasteiger partial charge is 0.274 e. The fraction of sp³-hybridized carbons (Fsp3) is 0.444. The number of aryl methyl sites for hydroxylation is 2. The van der Waals surface area contributed by atoms with E-state index < -0.39 is 0 Å². The van der Waals surface area contributed by atoms with Crippen LogP contribution in [0.25, 0.3) is 0 Å². The van der Waals surface area contributed by atoms with E-state index in [1.54, 1.807) is 4.68 Å². The number of amides is 1. The minimum Gasteiger partial charge on any atom is -0.335 e. The Hall–Kier alpha value is -1.85. The Morgan fingerprint density at radius 3 is 2.33 bits per heavy atom. The number of hydrogen-bond acceptors (Lipinski definition) is 3. The third-order valence-corrected chi connectivity index (χ3v) is 5.09. The molecule has 0 bridgehead atoms. The van der Waals surface area contributed by atoms with Gasteiger partial charge < -0.3 is 4.90 Å². The Bertz CT molecular complexity index is 698. The van der Waals surface area contributed by atoms with E-state index in [2.05, 4.69) is 29.1 Å². The van der Waals surface area contributed by atoms with Crippen LogP contribution >= 0.6 is 11.6 Å². The van der Waals surface area contributed by atoms with Gasteiger partial charge in [-0.25, -0.2) is 0 Å². The van der Waals surface area contributed by atoms with Crippen molar-refractivity contribution >= 4 is 17.5 Å². The van der Waals surface area contributed by atoms with Crippen molar-refractivity contribution in [2.75, 3.05) is 26.2 Å². The lowest BCUT2D eigenvalue weighted by Gasteiger charge is -2.38. The van der Waals surface area contributed by atoms with Crippen molar-refractivity contribution in [3.63, 3.8) is 0 Å². The highest BCUT2D eigenvalue weighted by Gasteiger charge is 2.26. The first-order valence-corrected chi connectivity index (χ1v) is 8.63. The molecule has 1 amide bonds. The van der Waals surface area contributed by atoms with Gasteiger partial charge in [-0.05, 0) is 37.6 Å². The second-order valence-electron chi connectivity index (χ2n) is 6.35. The molecule has 1 aromatic carbocycles. The molecule has 1 aromatic heterocycles. The van der Waals surface area contributed by atoms with Gasteiger partial charge in [0.05, 0.1) is 0 Å². The highest BCUT2D eigenvalue weighted by Crippen LogP contribution is 2.23. The molecule has 0 radical (unpaired) electrons. The van der Waals surface area contributed by atoms with Crippen molar-refractivity contribution in [2.24, 2.45) is 7.05 Å². The zero-order chi connectivity index (χ0) is 17.3. The molecule has 0 aliphatic carbocycles. The third-order valence-electron chi connectivity index (χ3n) is 4.83. The number of halogens is 1. The van der Waals surface area contributed by atoms with E-state index in [1.807, 2.05) is 37.1 Å². The highest BCUT2D eigenvalue weighted by atomic mass is 35.5. The van der Waals surface area contributed by atoms with E-state index in [1.165, 1.54) is 5.56 Å². The molecule has 1 atom stereocenters. The van der Waals surface area contributed by atoms with E-state index in [0.717, 1.165) is 36.9 Å². The van der Waals surface area contributed by atoms with Crippen LogP contribution in [0, 0.1) is 6.92 Å². The first-order valence-electron chi connectivity index (χ1n) is 8.25. The van der Waals surface area contributed by atoms with Crippen molar-refractivity contribution in [2.45, 2.75) is 19.9 Å². The minimum absolute atomic E-state index is 0.0255. The van der Waals surface area contributed by atoms with E-state index in [4.69, 9.17) is 11.6 Å². The van der Waals surface area contributed by atoms with E-state index >= 15 is 0 Å². The SMILES string of the molecule is Cc1cc(C(=O)N2CCN(C(C)c3ccc(Cl)cc3)CC2)nn1C. The maximum atomic E-state index is 12.6. The maximum absolute atomic E-state index is 12.6. The van der Waals surface area contributed by atoms with E-state index in [9.17, 15) is 4.79 Å². The van der Waals surface area contributed by atoms with Crippen LogP contribution < -0.4 is 0 Å². The van der Waals surface area contributed by atoms with Gasteiger partial charge in [-0.2, -0.15) is 5.10 Å². The molecule has 2 heterocycles. The summed E-state index contributed by atoms with van der Waals surface area (Å²) >= 11 is 5.96. The lowest BCUT2D eigenvalue weighted by atomic mass is 10.1. The number of piperazine rings is 1. The van der Waals surface area contributed by atoms with Crippen LogP contribution in [0.4, 0.5) is 0 Å². The second kappa shape index (κ2) is 6.95. The summed E-state index contributed by atoms with van der Waals surface area (Å²) in [6.45, 7) is 7.33. The average Bonchev–Trinajstić information content (AvgIpc) is 2.93. The number of aromatic nitrogens is 2. The zero-order valence-corrected chi connectivity index (χ0v) is 15.1. The average molecular weight is 347 g/mol. The summed E-state index contributed by atoms with van der Waals surface area (Å²) in [5, 5.41) is 5.05. The standard InChI is InChI=1S/C18H23ClN4O/c1-13-12-17(20-21(13)3)18(24)23-10-8-22(9-11-23)14(2)15-4-6-16(19)7-5-15/h4-7,12,14H,8-11H2,1-3H3. The van der Waals surface area contributed by atoms with Gasteiger partial charge in [0, 0.05) is 50.0 Å². The van der Waals surface area contributed by atoms with Crippen LogP contribution in [0.3, 0.4) is 0 Å². The molecule has 2 aromatic rings. The molecule has 1 fully saturated rings. The summed E-state index contributed by atoms with van der Waals surface area (Å²) in [5.74, 6) is 0.0255. The summed E-state index contributed by atoms with van der Waals surface area (Å²) in [4.78, 5) is 16.9. The normalized spacial score (nSPS) is 17.1. The van der Waals surface area contributed by atoms with Crippen LogP contribution in [0.5, 0.6) is 0 Å². The molecule has 0 saturated carbocycles. The summed E-state index contributed by atoms with van der Waals surface area (Å²) in [5.41, 5.74) is 2.78. The number of carbonyl (C=O) groups excluding carboxylic acids is 1. The molecule has 6 heteroatoms. The Morgan fingerprint density at radius 1 is 1.17 bits per heavy atom. The molecule has 1 saturated heterocycles. The molecule has 1 aliphatic rings. The summed E-state index contributed by atoms with van der Waals surface area (Å²) in [6, 6.07) is 10.2. The van der Waals surface area contributed by atoms with Gasteiger partial charge in [0.15, 0.2) is 5.69 Å². The number of carbonyl (C=O) groups is 1. The lowest BCUT2D eigenvalue weighted by Crippen LogP contribution is -2.49. The van der Waals surface area contributed by atoms with Crippen molar-refractivity contribution < 1.29 is 4.79 Å². The van der Waals surface area contributed by atoms with Crippen LogP contribution in [0.1, 0.15) is 34.7 Å². The molecular weight excluding hydrogens is 324 g/mol. The molecule has 3 rings (SSSR count). The fourth-order valence-corrected chi connectivity index (χ4v) is 3.22. The Kier molecular flexibility index (Phi) is 4.92. The zero-order valence-electron chi connectivity index (χ0n) is 14.4. The number of nitrogens with zero attached hydrogens (tertiary/aromatic N) is 4. The molecule has 1 unspecified atom stereocenters. The predicted molar refractivity (Wildman–Crippen MR) is 95.3 cm³/mol. The van der Waals surface area contributed by atoms with Gasteiger partial charge in [-0.1, -0.05) is 23.7 Å². The van der Waals surface area contributed by atoms with E-state index in [0.29, 0.717) is 11.7 Å². The summed E-state index contributed by atoms with van der Waals surface area (Å²) in [6.07, 6.45) is 0. The number of rotatable bonds is 3. The maximum Gasteiger partial charge on any atom is 0.274 e. The minimum atomic E-state index is 0.0255. The van der Waals surface area contributed by atoms with Crippen LogP contribution in [0.15, 0.2) is 30.3 Å². The van der Waals surface area contributed by atoms with Crippen LogP contribution in [-0.4, -0.2) is 51.7 Å². The first-order chi connectivity index (χ1) is 11.5. The van der Waals surface area contributed by atoms with Gasteiger partial charge in [-0.15, -0.1) is 0 Å². The van der Waals surface area contributed by atoms with Gasteiger partial charge in [0.1, 0.15) is 0 Å². The highest BCUT2D eigenvalue weighted by molar-refractivity contribution is 6.30. The summed E-state index contributed by atoms with van der Waals surface area (Å²) in [7, 11) is 1.86. The van der Waals surface area contributed by atoms with Crippen molar-refractivity contribution in [1.29, 1.82) is 0 Å². The second-order valence-corrected chi connectivity index (χ2v) is 6.79. The molecule has 5 nitrogen and oxygen atoms in total. The van der Waals surface area contributed by atoms with Crippen molar-refractivity contribution in [3.05, 3.63) is 52.3 Å². The Labute approximate surface area is 147 Å². The van der Waals surface area contributed by atoms with Gasteiger partial charge >= 0.3 is 0 Å². The molecule has 1 aliphatic heterocycles. The van der Waals surface area contributed by atoms with Crippen molar-refractivity contribution in [1.82, 2.24) is 19.6 Å².